The van der Waals surface area contributed by atoms with Crippen LogP contribution in [-0.2, 0) is 21.7 Å². The Morgan fingerprint density at radius 2 is 1.75 bits per heavy atom. The Morgan fingerprint density at radius 1 is 0.969 bits per heavy atom. The molecule has 0 amide bonds. The number of carbonyl (C=O) groups excluding carboxylic acids is 1. The molecule has 166 valence electrons. The van der Waals surface area contributed by atoms with Gasteiger partial charge < -0.3 is 14.2 Å². The van der Waals surface area contributed by atoms with Gasteiger partial charge in [-0.2, -0.15) is 0 Å². The van der Waals surface area contributed by atoms with Crippen molar-refractivity contribution in [2.45, 2.75) is 29.9 Å². The number of hydrogen-bond acceptors (Lipinski definition) is 6. The van der Waals surface area contributed by atoms with Crippen molar-refractivity contribution in [2.75, 3.05) is 13.7 Å². The van der Waals surface area contributed by atoms with Crippen LogP contribution in [-0.4, -0.2) is 24.7 Å². The number of rotatable bonds is 12. The summed E-state index contributed by atoms with van der Waals surface area (Å²) in [6, 6.07) is 23.5. The number of pyridine rings is 1. The second-order valence-electron chi connectivity index (χ2n) is 7.04. The van der Waals surface area contributed by atoms with Gasteiger partial charge >= 0.3 is 5.97 Å². The molecule has 0 atom stereocenters. The van der Waals surface area contributed by atoms with Crippen LogP contribution in [0.4, 0.5) is 0 Å². The molecule has 0 spiro atoms. The van der Waals surface area contributed by atoms with Gasteiger partial charge in [-0.1, -0.05) is 36.4 Å². The number of aryl methyl sites for hydroxylation is 1. The highest BCUT2D eigenvalue weighted by Crippen LogP contribution is 2.22. The number of benzene rings is 2. The molecule has 0 radical (unpaired) electrons. The van der Waals surface area contributed by atoms with E-state index in [-0.39, 0.29) is 11.6 Å². The van der Waals surface area contributed by atoms with Crippen molar-refractivity contribution in [2.24, 2.45) is 0 Å². The molecule has 32 heavy (non-hydrogen) atoms. The van der Waals surface area contributed by atoms with Crippen LogP contribution in [0, 0.1) is 0 Å². The van der Waals surface area contributed by atoms with Gasteiger partial charge in [0.25, 0.3) is 0 Å². The zero-order chi connectivity index (χ0) is 22.6. The normalized spacial score (nSPS) is 10.4. The van der Waals surface area contributed by atoms with Crippen molar-refractivity contribution in [1.82, 2.24) is 4.98 Å². The second-order valence-corrected chi connectivity index (χ2v) is 8.08. The van der Waals surface area contributed by atoms with Gasteiger partial charge in [0, 0.05) is 16.7 Å². The van der Waals surface area contributed by atoms with Crippen LogP contribution in [0.3, 0.4) is 0 Å². The Hall–Kier alpha value is -3.25. The summed E-state index contributed by atoms with van der Waals surface area (Å²) >= 11 is 1.67. The number of unbranched alkanes of at least 4 members (excludes halogenated alkanes) is 1. The van der Waals surface area contributed by atoms with E-state index in [1.807, 2.05) is 54.6 Å². The Morgan fingerprint density at radius 3 is 2.50 bits per heavy atom. The summed E-state index contributed by atoms with van der Waals surface area (Å²) in [5.74, 6) is 1.13. The lowest BCUT2D eigenvalue weighted by Crippen LogP contribution is -2.14. The summed E-state index contributed by atoms with van der Waals surface area (Å²) in [6.45, 7) is 4.09. The zero-order valence-corrected chi connectivity index (χ0v) is 19.0. The average molecular weight is 450 g/mol. The van der Waals surface area contributed by atoms with Crippen LogP contribution in [0.25, 0.3) is 0 Å². The number of nitrogens with zero attached hydrogens (tertiary/aromatic N) is 1. The minimum atomic E-state index is -0.625. The summed E-state index contributed by atoms with van der Waals surface area (Å²) in [6.07, 6.45) is 2.68. The quantitative estimate of drug-likeness (QED) is 0.114. The van der Waals surface area contributed by atoms with Gasteiger partial charge in [-0.05, 0) is 61.7 Å². The van der Waals surface area contributed by atoms with Crippen molar-refractivity contribution in [3.05, 3.63) is 96.4 Å². The number of thioether (sulfide) groups is 1. The molecule has 0 bridgehead atoms. The molecule has 0 saturated heterocycles. The smallest absolute Gasteiger partial charge is 0.379 e. The molecular formula is C26H27NO4S. The van der Waals surface area contributed by atoms with Gasteiger partial charge in [-0.15, -0.1) is 11.8 Å². The van der Waals surface area contributed by atoms with Crippen LogP contribution in [0.2, 0.25) is 0 Å². The summed E-state index contributed by atoms with van der Waals surface area (Å²) in [5.41, 5.74) is 2.06. The number of carbonyl (C=O) groups is 1. The van der Waals surface area contributed by atoms with E-state index in [9.17, 15) is 4.79 Å². The lowest BCUT2D eigenvalue weighted by Gasteiger charge is -2.09. The molecule has 0 aliphatic rings. The van der Waals surface area contributed by atoms with Crippen LogP contribution in [0.5, 0.6) is 11.6 Å². The Labute approximate surface area is 193 Å². The van der Waals surface area contributed by atoms with E-state index in [4.69, 9.17) is 14.2 Å². The maximum absolute atomic E-state index is 12.2. The fourth-order valence-corrected chi connectivity index (χ4v) is 3.72. The molecule has 0 aliphatic carbocycles. The van der Waals surface area contributed by atoms with Crippen LogP contribution in [0.1, 0.15) is 24.1 Å². The molecular weight excluding hydrogens is 422 g/mol. The number of aromatic nitrogens is 1. The first kappa shape index (κ1) is 23.4. The maximum atomic E-state index is 12.2. The zero-order valence-electron chi connectivity index (χ0n) is 18.2. The van der Waals surface area contributed by atoms with Crippen molar-refractivity contribution < 1.29 is 19.0 Å². The first-order chi connectivity index (χ1) is 15.6. The summed E-state index contributed by atoms with van der Waals surface area (Å²) in [4.78, 5) is 17.8. The number of methoxy groups -OCH3 is 1. The molecule has 6 heteroatoms. The molecule has 5 nitrogen and oxygen atoms in total. The highest BCUT2D eigenvalue weighted by Gasteiger charge is 2.12. The average Bonchev–Trinajstić information content (AvgIpc) is 2.83. The van der Waals surface area contributed by atoms with Crippen molar-refractivity contribution in [3.8, 4) is 11.6 Å². The van der Waals surface area contributed by atoms with E-state index in [1.165, 1.54) is 5.56 Å². The van der Waals surface area contributed by atoms with E-state index in [2.05, 4.69) is 23.7 Å². The van der Waals surface area contributed by atoms with Crippen LogP contribution < -0.4 is 9.47 Å². The fraction of sp³-hybridized carbons (Fsp3) is 0.231. The van der Waals surface area contributed by atoms with Gasteiger partial charge in [-0.3, -0.25) is 0 Å². The molecule has 0 unspecified atom stereocenters. The maximum Gasteiger partial charge on any atom is 0.379 e. The molecule has 0 N–H and O–H groups in total. The molecule has 3 rings (SSSR count). The van der Waals surface area contributed by atoms with E-state index in [0.717, 1.165) is 35.6 Å². The minimum Gasteiger partial charge on any atom is -0.497 e. The minimum absolute atomic E-state index is 0.0136. The van der Waals surface area contributed by atoms with E-state index in [0.29, 0.717) is 12.4 Å². The second kappa shape index (κ2) is 12.6. The molecule has 3 aromatic rings. The molecule has 2 aromatic carbocycles. The molecule has 1 aromatic heterocycles. The molecule has 0 fully saturated rings. The monoisotopic (exact) mass is 449 g/mol. The van der Waals surface area contributed by atoms with E-state index in [1.54, 1.807) is 24.9 Å². The summed E-state index contributed by atoms with van der Waals surface area (Å²) in [5, 5.41) is 0. The highest BCUT2D eigenvalue weighted by atomic mass is 32.2. The fourth-order valence-electron chi connectivity index (χ4n) is 2.90. The lowest BCUT2D eigenvalue weighted by molar-refractivity contribution is -0.134. The molecule has 1 heterocycles. The number of esters is 1. The predicted octanol–water partition coefficient (Wildman–Crippen LogP) is 5.84. The Balaban J connectivity index is 1.36. The van der Waals surface area contributed by atoms with Gasteiger partial charge in [0.05, 0.1) is 19.4 Å². The van der Waals surface area contributed by atoms with Crippen LogP contribution >= 0.6 is 11.8 Å². The van der Waals surface area contributed by atoms with E-state index >= 15 is 0 Å². The van der Waals surface area contributed by atoms with Gasteiger partial charge in [0.1, 0.15) is 5.75 Å². The third-order valence-electron chi connectivity index (χ3n) is 4.63. The predicted molar refractivity (Wildman–Crippen MR) is 127 cm³/mol. The summed E-state index contributed by atoms with van der Waals surface area (Å²) in [7, 11) is 1.65. The van der Waals surface area contributed by atoms with Crippen molar-refractivity contribution in [3.63, 3.8) is 0 Å². The first-order valence-corrected chi connectivity index (χ1v) is 11.4. The third kappa shape index (κ3) is 7.78. The third-order valence-corrected chi connectivity index (χ3v) is 5.68. The van der Waals surface area contributed by atoms with Crippen LogP contribution in [0.15, 0.2) is 90.0 Å². The van der Waals surface area contributed by atoms with Crippen molar-refractivity contribution >= 4 is 17.7 Å². The number of ether oxygens (including phenoxy) is 3. The largest absolute Gasteiger partial charge is 0.497 e. The standard InChI is InChI=1S/C26H27NO4S/c1-20(30-18-7-6-9-21-14-16-23(29-2)17-15-21)26(28)31-25-13-8-10-22(27-25)19-32-24-11-4-3-5-12-24/h3-5,8,10-17H,1,6-7,9,18-19H2,2H3. The van der Waals surface area contributed by atoms with Gasteiger partial charge in [0.15, 0.2) is 5.76 Å². The topological polar surface area (TPSA) is 57.7 Å². The molecule has 0 aliphatic heterocycles. The first-order valence-electron chi connectivity index (χ1n) is 10.4. The van der Waals surface area contributed by atoms with Gasteiger partial charge in [-0.25, -0.2) is 9.78 Å². The van der Waals surface area contributed by atoms with Gasteiger partial charge in [0.2, 0.25) is 5.88 Å². The van der Waals surface area contributed by atoms with Crippen molar-refractivity contribution in [1.29, 1.82) is 0 Å². The number of hydrogen-bond donors (Lipinski definition) is 0. The molecule has 0 saturated carbocycles. The highest BCUT2D eigenvalue weighted by molar-refractivity contribution is 7.98. The van der Waals surface area contributed by atoms with E-state index < -0.39 is 5.97 Å². The Bertz CT molecular complexity index is 1010. The SMILES string of the molecule is C=C(OCCCCc1ccc(OC)cc1)C(=O)Oc1cccc(CSc2ccccc2)n1. The summed E-state index contributed by atoms with van der Waals surface area (Å²) < 4.78 is 15.9. The Kier molecular flexibility index (Phi) is 9.20. The lowest BCUT2D eigenvalue weighted by atomic mass is 10.1.